The standard InChI is InChI=1S/C19H28N2O2.ClH/c1-19(20)11-6-5-8-16(19)18(22)21-12-10-14(13-21)15-7-3-4-9-17(15)23-2;/h3-4,7,9,14,16H,5-6,8,10-13,20H2,1-2H3;1H. The Balaban J connectivity index is 0.00000208. The van der Waals surface area contributed by atoms with Gasteiger partial charge >= 0.3 is 0 Å². The van der Waals surface area contributed by atoms with Gasteiger partial charge in [0.15, 0.2) is 0 Å². The molecule has 1 heterocycles. The van der Waals surface area contributed by atoms with Crippen LogP contribution in [0.15, 0.2) is 24.3 Å². The van der Waals surface area contributed by atoms with Gasteiger partial charge in [0.2, 0.25) is 5.91 Å². The van der Waals surface area contributed by atoms with E-state index in [1.165, 1.54) is 5.56 Å². The van der Waals surface area contributed by atoms with E-state index in [2.05, 4.69) is 6.07 Å². The molecule has 1 amide bonds. The number of likely N-dealkylation sites (tertiary alicyclic amines) is 1. The Kier molecular flexibility index (Phi) is 6.16. The summed E-state index contributed by atoms with van der Waals surface area (Å²) in [7, 11) is 1.71. The van der Waals surface area contributed by atoms with Gasteiger partial charge < -0.3 is 15.4 Å². The van der Waals surface area contributed by atoms with Crippen LogP contribution in [0.3, 0.4) is 0 Å². The lowest BCUT2D eigenvalue weighted by atomic mass is 9.74. The number of para-hydroxylation sites is 1. The summed E-state index contributed by atoms with van der Waals surface area (Å²) < 4.78 is 5.48. The molecule has 2 fully saturated rings. The van der Waals surface area contributed by atoms with Gasteiger partial charge in [0.05, 0.1) is 13.0 Å². The Morgan fingerprint density at radius 1 is 1.29 bits per heavy atom. The molecule has 0 aromatic heterocycles. The van der Waals surface area contributed by atoms with Crippen molar-refractivity contribution in [1.29, 1.82) is 0 Å². The molecule has 3 unspecified atom stereocenters. The number of hydrogen-bond acceptors (Lipinski definition) is 3. The summed E-state index contributed by atoms with van der Waals surface area (Å²) in [5.74, 6) is 1.52. The van der Waals surface area contributed by atoms with E-state index in [-0.39, 0.29) is 29.8 Å². The zero-order valence-corrected chi connectivity index (χ0v) is 15.5. The van der Waals surface area contributed by atoms with E-state index in [4.69, 9.17) is 10.5 Å². The number of halogens is 1. The van der Waals surface area contributed by atoms with Crippen molar-refractivity contribution in [2.45, 2.75) is 50.5 Å². The van der Waals surface area contributed by atoms with E-state index in [0.717, 1.165) is 50.9 Å². The highest BCUT2D eigenvalue weighted by Gasteiger charge is 2.41. The van der Waals surface area contributed by atoms with Crippen molar-refractivity contribution in [1.82, 2.24) is 4.90 Å². The second kappa shape index (κ2) is 7.75. The van der Waals surface area contributed by atoms with Crippen molar-refractivity contribution >= 4 is 18.3 Å². The SMILES string of the molecule is COc1ccccc1C1CCN(C(=O)C2CCCCC2(C)N)C1.Cl. The molecule has 3 atom stereocenters. The van der Waals surface area contributed by atoms with Gasteiger partial charge in [-0.2, -0.15) is 0 Å². The molecular formula is C19H29ClN2O2. The molecule has 1 saturated carbocycles. The van der Waals surface area contributed by atoms with Crippen LogP contribution in [-0.2, 0) is 4.79 Å². The van der Waals surface area contributed by atoms with E-state index >= 15 is 0 Å². The van der Waals surface area contributed by atoms with Crippen LogP contribution in [0.4, 0.5) is 0 Å². The number of rotatable bonds is 3. The maximum Gasteiger partial charge on any atom is 0.227 e. The van der Waals surface area contributed by atoms with Crippen LogP contribution in [-0.4, -0.2) is 36.5 Å². The Hall–Kier alpha value is -1.26. The number of hydrogen-bond donors (Lipinski definition) is 1. The Labute approximate surface area is 151 Å². The zero-order valence-electron chi connectivity index (χ0n) is 14.7. The molecule has 5 heteroatoms. The monoisotopic (exact) mass is 352 g/mol. The largest absolute Gasteiger partial charge is 0.496 e. The summed E-state index contributed by atoms with van der Waals surface area (Å²) >= 11 is 0. The molecule has 3 rings (SSSR count). The summed E-state index contributed by atoms with van der Waals surface area (Å²) in [6, 6.07) is 8.14. The van der Waals surface area contributed by atoms with Gasteiger partial charge in [0.25, 0.3) is 0 Å². The summed E-state index contributed by atoms with van der Waals surface area (Å²) in [4.78, 5) is 15.0. The normalized spacial score (nSPS) is 29.9. The number of carbonyl (C=O) groups excluding carboxylic acids is 1. The summed E-state index contributed by atoms with van der Waals surface area (Å²) in [6.07, 6.45) is 5.14. The fraction of sp³-hybridized carbons (Fsp3) is 0.632. The molecule has 0 bridgehead atoms. The number of ether oxygens (including phenoxy) is 1. The number of methoxy groups -OCH3 is 1. The van der Waals surface area contributed by atoms with Crippen molar-refractivity contribution < 1.29 is 9.53 Å². The van der Waals surface area contributed by atoms with Crippen LogP contribution in [0, 0.1) is 5.92 Å². The van der Waals surface area contributed by atoms with Crippen molar-refractivity contribution in [2.75, 3.05) is 20.2 Å². The number of amides is 1. The van der Waals surface area contributed by atoms with Crippen LogP contribution < -0.4 is 10.5 Å². The summed E-state index contributed by atoms with van der Waals surface area (Å²) in [5.41, 5.74) is 7.28. The molecule has 1 aliphatic heterocycles. The van der Waals surface area contributed by atoms with Crippen molar-refractivity contribution in [2.24, 2.45) is 11.7 Å². The van der Waals surface area contributed by atoms with Crippen LogP contribution >= 0.6 is 12.4 Å². The number of carbonyl (C=O) groups is 1. The maximum absolute atomic E-state index is 13.0. The van der Waals surface area contributed by atoms with Gasteiger partial charge in [0, 0.05) is 24.5 Å². The summed E-state index contributed by atoms with van der Waals surface area (Å²) in [5, 5.41) is 0. The molecular weight excluding hydrogens is 324 g/mol. The molecule has 1 aromatic carbocycles. The lowest BCUT2D eigenvalue weighted by molar-refractivity contribution is -0.137. The lowest BCUT2D eigenvalue weighted by Crippen LogP contribution is -2.53. The fourth-order valence-electron chi connectivity index (χ4n) is 4.20. The smallest absolute Gasteiger partial charge is 0.227 e. The third-order valence-electron chi connectivity index (χ3n) is 5.63. The molecule has 0 radical (unpaired) electrons. The second-order valence-corrected chi connectivity index (χ2v) is 7.32. The van der Waals surface area contributed by atoms with Gasteiger partial charge in [-0.25, -0.2) is 0 Å². The third kappa shape index (κ3) is 3.70. The minimum Gasteiger partial charge on any atom is -0.496 e. The van der Waals surface area contributed by atoms with Crippen molar-refractivity contribution in [3.63, 3.8) is 0 Å². The van der Waals surface area contributed by atoms with Gasteiger partial charge in [-0.15, -0.1) is 12.4 Å². The third-order valence-corrected chi connectivity index (χ3v) is 5.63. The molecule has 2 N–H and O–H groups in total. The molecule has 0 spiro atoms. The first-order chi connectivity index (χ1) is 11.0. The van der Waals surface area contributed by atoms with Crippen LogP contribution in [0.1, 0.15) is 50.5 Å². The highest BCUT2D eigenvalue weighted by molar-refractivity contribution is 5.85. The van der Waals surface area contributed by atoms with E-state index < -0.39 is 0 Å². The molecule has 1 aromatic rings. The summed E-state index contributed by atoms with van der Waals surface area (Å²) in [6.45, 7) is 3.66. The Bertz CT molecular complexity index is 576. The van der Waals surface area contributed by atoms with Gasteiger partial charge in [-0.1, -0.05) is 31.0 Å². The molecule has 134 valence electrons. The average molecular weight is 353 g/mol. The average Bonchev–Trinajstić information content (AvgIpc) is 3.03. The Morgan fingerprint density at radius 2 is 2.04 bits per heavy atom. The van der Waals surface area contributed by atoms with Crippen molar-refractivity contribution in [3.8, 4) is 5.75 Å². The minimum atomic E-state index is -0.349. The second-order valence-electron chi connectivity index (χ2n) is 7.32. The first kappa shape index (κ1) is 19.1. The molecule has 24 heavy (non-hydrogen) atoms. The first-order valence-electron chi connectivity index (χ1n) is 8.73. The van der Waals surface area contributed by atoms with E-state index in [1.54, 1.807) is 7.11 Å². The molecule has 1 aliphatic carbocycles. The van der Waals surface area contributed by atoms with E-state index in [0.29, 0.717) is 5.92 Å². The van der Waals surface area contributed by atoms with E-state index in [9.17, 15) is 4.79 Å². The molecule has 1 saturated heterocycles. The topological polar surface area (TPSA) is 55.6 Å². The van der Waals surface area contributed by atoms with Gasteiger partial charge in [0.1, 0.15) is 5.75 Å². The number of benzene rings is 1. The highest BCUT2D eigenvalue weighted by Crippen LogP contribution is 2.37. The number of nitrogens with zero attached hydrogens (tertiary/aromatic N) is 1. The van der Waals surface area contributed by atoms with Gasteiger partial charge in [-0.05, 0) is 37.8 Å². The van der Waals surface area contributed by atoms with Crippen LogP contribution in [0.5, 0.6) is 5.75 Å². The number of nitrogens with two attached hydrogens (primary N) is 1. The molecule has 4 nitrogen and oxygen atoms in total. The molecule has 2 aliphatic rings. The first-order valence-corrected chi connectivity index (χ1v) is 8.73. The van der Waals surface area contributed by atoms with E-state index in [1.807, 2.05) is 30.0 Å². The Morgan fingerprint density at radius 3 is 2.75 bits per heavy atom. The predicted octanol–water partition coefficient (Wildman–Crippen LogP) is 3.34. The van der Waals surface area contributed by atoms with Crippen molar-refractivity contribution in [3.05, 3.63) is 29.8 Å². The van der Waals surface area contributed by atoms with Crippen LogP contribution in [0.2, 0.25) is 0 Å². The maximum atomic E-state index is 13.0. The predicted molar refractivity (Wildman–Crippen MR) is 98.7 cm³/mol. The zero-order chi connectivity index (χ0) is 16.4. The van der Waals surface area contributed by atoms with Crippen LogP contribution in [0.25, 0.3) is 0 Å². The quantitative estimate of drug-likeness (QED) is 0.907. The fourth-order valence-corrected chi connectivity index (χ4v) is 4.20. The minimum absolute atomic E-state index is 0. The highest BCUT2D eigenvalue weighted by atomic mass is 35.5. The lowest BCUT2D eigenvalue weighted by Gasteiger charge is -2.39. The van der Waals surface area contributed by atoms with Gasteiger partial charge in [-0.3, -0.25) is 4.79 Å².